The van der Waals surface area contributed by atoms with Crippen LogP contribution in [0.15, 0.2) is 29.1 Å². The van der Waals surface area contributed by atoms with Gasteiger partial charge in [-0.15, -0.1) is 0 Å². The fourth-order valence-electron chi connectivity index (χ4n) is 1.41. The number of aryl methyl sites for hydroxylation is 2. The van der Waals surface area contributed by atoms with Crippen molar-refractivity contribution in [3.8, 4) is 0 Å². The molecular weight excluding hydrogens is 268 g/mol. The summed E-state index contributed by atoms with van der Waals surface area (Å²) in [5.74, 6) is 0.856. The molecule has 2 aromatic rings. The first kappa shape index (κ1) is 11.1. The molecule has 0 fully saturated rings. The van der Waals surface area contributed by atoms with Crippen molar-refractivity contribution >= 4 is 21.7 Å². The van der Waals surface area contributed by atoms with E-state index < -0.39 is 0 Å². The average molecular weight is 281 g/mol. The van der Waals surface area contributed by atoms with E-state index >= 15 is 0 Å². The summed E-state index contributed by atoms with van der Waals surface area (Å²) in [6.07, 6.45) is 5.67. The number of halogens is 1. The highest BCUT2D eigenvalue weighted by molar-refractivity contribution is 9.10. The van der Waals surface area contributed by atoms with Gasteiger partial charge in [-0.3, -0.25) is 4.68 Å². The second-order valence-corrected chi connectivity index (χ2v) is 4.57. The maximum absolute atomic E-state index is 4.31. The summed E-state index contributed by atoms with van der Waals surface area (Å²) in [5, 5.41) is 7.37. The van der Waals surface area contributed by atoms with Crippen LogP contribution in [0.1, 0.15) is 11.1 Å². The van der Waals surface area contributed by atoms with E-state index in [9.17, 15) is 0 Å². The van der Waals surface area contributed by atoms with Gasteiger partial charge >= 0.3 is 0 Å². The Bertz CT molecular complexity index is 492. The number of rotatable bonds is 3. The molecule has 0 amide bonds. The highest BCUT2D eigenvalue weighted by Gasteiger charge is 2.02. The minimum atomic E-state index is 0.725. The quantitative estimate of drug-likeness (QED) is 0.940. The van der Waals surface area contributed by atoms with E-state index in [1.54, 1.807) is 4.68 Å². The summed E-state index contributed by atoms with van der Waals surface area (Å²) in [4.78, 5) is 4.31. The maximum Gasteiger partial charge on any atom is 0.140 e. The summed E-state index contributed by atoms with van der Waals surface area (Å²) in [7, 11) is 1.91. The minimum absolute atomic E-state index is 0.725. The first-order chi connectivity index (χ1) is 7.65. The van der Waals surface area contributed by atoms with E-state index in [0.29, 0.717) is 0 Å². The van der Waals surface area contributed by atoms with Gasteiger partial charge in [-0.2, -0.15) is 5.10 Å². The Balaban J connectivity index is 2.04. The molecule has 84 valence electrons. The van der Waals surface area contributed by atoms with Crippen LogP contribution in [0, 0.1) is 6.92 Å². The monoisotopic (exact) mass is 280 g/mol. The third-order valence-electron chi connectivity index (χ3n) is 2.20. The highest BCUT2D eigenvalue weighted by Crippen LogP contribution is 2.20. The third kappa shape index (κ3) is 2.61. The lowest BCUT2D eigenvalue weighted by atomic mass is 10.3. The predicted octanol–water partition coefficient (Wildman–Crippen LogP) is 2.50. The fourth-order valence-corrected chi connectivity index (χ4v) is 2.02. The lowest BCUT2D eigenvalue weighted by Crippen LogP contribution is -2.01. The molecule has 0 atom stereocenters. The summed E-state index contributed by atoms with van der Waals surface area (Å²) in [6, 6.07) is 2.04. The van der Waals surface area contributed by atoms with Crippen molar-refractivity contribution in [3.05, 3.63) is 40.3 Å². The van der Waals surface area contributed by atoms with E-state index in [-0.39, 0.29) is 0 Å². The SMILES string of the molecule is Cc1cnc(NCc2cnn(C)c2)c(Br)c1. The molecule has 0 unspecified atom stereocenters. The van der Waals surface area contributed by atoms with Crippen molar-refractivity contribution in [2.75, 3.05) is 5.32 Å². The van der Waals surface area contributed by atoms with Gasteiger partial charge in [0.05, 0.1) is 10.7 Å². The molecule has 16 heavy (non-hydrogen) atoms. The molecule has 0 aliphatic carbocycles. The van der Waals surface area contributed by atoms with Gasteiger partial charge in [0.15, 0.2) is 0 Å². The van der Waals surface area contributed by atoms with Gasteiger partial charge < -0.3 is 5.32 Å². The first-order valence-corrected chi connectivity index (χ1v) is 5.78. The summed E-state index contributed by atoms with van der Waals surface area (Å²) in [6.45, 7) is 2.74. The molecule has 0 aliphatic heterocycles. The van der Waals surface area contributed by atoms with E-state index in [0.717, 1.165) is 28.0 Å². The van der Waals surface area contributed by atoms with Crippen molar-refractivity contribution in [1.29, 1.82) is 0 Å². The van der Waals surface area contributed by atoms with Crippen LogP contribution in [0.3, 0.4) is 0 Å². The molecule has 0 radical (unpaired) electrons. The fraction of sp³-hybridized carbons (Fsp3) is 0.273. The third-order valence-corrected chi connectivity index (χ3v) is 2.80. The second-order valence-electron chi connectivity index (χ2n) is 3.72. The van der Waals surface area contributed by atoms with Gasteiger partial charge in [-0.1, -0.05) is 0 Å². The van der Waals surface area contributed by atoms with Crippen LogP contribution in [0.2, 0.25) is 0 Å². The van der Waals surface area contributed by atoms with Crippen molar-refractivity contribution in [2.45, 2.75) is 13.5 Å². The number of pyridine rings is 1. The topological polar surface area (TPSA) is 42.7 Å². The van der Waals surface area contributed by atoms with Crippen LogP contribution in [0.4, 0.5) is 5.82 Å². The van der Waals surface area contributed by atoms with E-state index in [4.69, 9.17) is 0 Å². The Morgan fingerprint density at radius 3 is 2.88 bits per heavy atom. The predicted molar refractivity (Wildman–Crippen MR) is 67.2 cm³/mol. The number of hydrogen-bond acceptors (Lipinski definition) is 3. The lowest BCUT2D eigenvalue weighted by molar-refractivity contribution is 0.767. The Morgan fingerprint density at radius 1 is 1.44 bits per heavy atom. The van der Waals surface area contributed by atoms with Crippen molar-refractivity contribution in [3.63, 3.8) is 0 Å². The van der Waals surface area contributed by atoms with Crippen LogP contribution in [0.5, 0.6) is 0 Å². The normalized spacial score (nSPS) is 10.4. The first-order valence-electron chi connectivity index (χ1n) is 4.98. The van der Waals surface area contributed by atoms with Crippen LogP contribution in [-0.4, -0.2) is 14.8 Å². The van der Waals surface area contributed by atoms with E-state index in [1.165, 1.54) is 0 Å². The van der Waals surface area contributed by atoms with Gasteiger partial charge in [0.25, 0.3) is 0 Å². The standard InChI is InChI=1S/C11H13BrN4/c1-8-3-10(12)11(13-4-8)14-5-9-6-15-16(2)7-9/h3-4,6-7H,5H2,1-2H3,(H,13,14). The van der Waals surface area contributed by atoms with Crippen LogP contribution < -0.4 is 5.32 Å². The van der Waals surface area contributed by atoms with Gasteiger partial charge in [-0.05, 0) is 34.5 Å². The van der Waals surface area contributed by atoms with Crippen LogP contribution in [0.25, 0.3) is 0 Å². The molecule has 2 heterocycles. The minimum Gasteiger partial charge on any atom is -0.365 e. The molecule has 0 saturated heterocycles. The smallest absolute Gasteiger partial charge is 0.140 e. The van der Waals surface area contributed by atoms with Gasteiger partial charge in [0.1, 0.15) is 5.82 Å². The number of nitrogens with zero attached hydrogens (tertiary/aromatic N) is 3. The van der Waals surface area contributed by atoms with Crippen molar-refractivity contribution < 1.29 is 0 Å². The molecule has 0 saturated carbocycles. The van der Waals surface area contributed by atoms with Crippen LogP contribution >= 0.6 is 15.9 Å². The van der Waals surface area contributed by atoms with Crippen LogP contribution in [-0.2, 0) is 13.6 Å². The van der Waals surface area contributed by atoms with Gasteiger partial charge in [0.2, 0.25) is 0 Å². The zero-order valence-electron chi connectivity index (χ0n) is 9.24. The Hall–Kier alpha value is -1.36. The molecule has 4 nitrogen and oxygen atoms in total. The number of anilines is 1. The van der Waals surface area contributed by atoms with Crippen molar-refractivity contribution in [2.24, 2.45) is 7.05 Å². The molecule has 5 heteroatoms. The van der Waals surface area contributed by atoms with E-state index in [1.807, 2.05) is 38.6 Å². The molecule has 0 spiro atoms. The number of hydrogen-bond donors (Lipinski definition) is 1. The molecule has 2 aromatic heterocycles. The second kappa shape index (κ2) is 4.65. The summed E-state index contributed by atoms with van der Waals surface area (Å²) >= 11 is 3.48. The Kier molecular flexibility index (Phi) is 3.24. The molecule has 2 rings (SSSR count). The van der Waals surface area contributed by atoms with Gasteiger partial charge in [0, 0.05) is 31.5 Å². The summed E-state index contributed by atoms with van der Waals surface area (Å²) in [5.41, 5.74) is 2.27. The number of aromatic nitrogens is 3. The zero-order chi connectivity index (χ0) is 11.5. The molecule has 0 aliphatic rings. The molecule has 1 N–H and O–H groups in total. The Morgan fingerprint density at radius 2 is 2.25 bits per heavy atom. The van der Waals surface area contributed by atoms with E-state index in [2.05, 4.69) is 31.3 Å². The maximum atomic E-state index is 4.31. The molecule has 0 bridgehead atoms. The largest absolute Gasteiger partial charge is 0.365 e. The Labute approximate surface area is 103 Å². The van der Waals surface area contributed by atoms with Gasteiger partial charge in [-0.25, -0.2) is 4.98 Å². The highest BCUT2D eigenvalue weighted by atomic mass is 79.9. The molecular formula is C11H13BrN4. The molecule has 0 aromatic carbocycles. The zero-order valence-corrected chi connectivity index (χ0v) is 10.8. The number of nitrogens with one attached hydrogen (secondary N) is 1. The summed E-state index contributed by atoms with van der Waals surface area (Å²) < 4.78 is 2.77. The average Bonchev–Trinajstić information content (AvgIpc) is 2.63. The lowest BCUT2D eigenvalue weighted by Gasteiger charge is -2.06. The van der Waals surface area contributed by atoms with Crippen molar-refractivity contribution in [1.82, 2.24) is 14.8 Å².